The van der Waals surface area contributed by atoms with E-state index < -0.39 is 22.8 Å². The number of aliphatic carboxylic acids is 2. The minimum Gasteiger partial charge on any atom is -0.549 e. The summed E-state index contributed by atoms with van der Waals surface area (Å²) in [6.45, 7) is 6.13. The Morgan fingerprint density at radius 2 is 1.27 bits per heavy atom. The zero-order valence-corrected chi connectivity index (χ0v) is 14.3. The molecule has 0 spiro atoms. The largest absolute Gasteiger partial charge is 1.00 e. The van der Waals surface area contributed by atoms with Gasteiger partial charge in [0.25, 0.3) is 0 Å². The molecule has 0 rings (SSSR count). The second-order valence-electron chi connectivity index (χ2n) is 4.08. The van der Waals surface area contributed by atoms with Crippen LogP contribution in [-0.2, 0) is 9.59 Å². The Morgan fingerprint density at radius 3 is 1.27 bits per heavy atom. The van der Waals surface area contributed by atoms with Crippen LogP contribution in [0.5, 0.6) is 0 Å². The van der Waals surface area contributed by atoms with Crippen LogP contribution in [0, 0.1) is 10.8 Å². The first-order valence-electron chi connectivity index (χ1n) is 4.13. The van der Waals surface area contributed by atoms with Gasteiger partial charge < -0.3 is 19.8 Å². The van der Waals surface area contributed by atoms with Crippen molar-refractivity contribution < 1.29 is 78.9 Å². The monoisotopic (exact) mass is 232 g/mol. The molecule has 0 aromatic carbocycles. The Hall–Kier alpha value is 0.940. The molecule has 0 bridgehead atoms. The molecule has 76 valence electrons. The van der Waals surface area contributed by atoms with E-state index in [-0.39, 0.29) is 65.5 Å². The Morgan fingerprint density at radius 1 is 1.00 bits per heavy atom. The maximum Gasteiger partial charge on any atom is 1.00 e. The van der Waals surface area contributed by atoms with E-state index in [0.717, 1.165) is 0 Å². The molecule has 0 heterocycles. The Balaban J connectivity index is -0.000000720. The van der Waals surface area contributed by atoms with E-state index in [1.54, 1.807) is 20.8 Å². The topological polar surface area (TPSA) is 80.3 Å². The fourth-order valence-corrected chi connectivity index (χ4v) is 1.51. The molecule has 0 aliphatic heterocycles. The van der Waals surface area contributed by atoms with Gasteiger partial charge in [0.1, 0.15) is 0 Å². The van der Waals surface area contributed by atoms with Crippen LogP contribution >= 0.6 is 0 Å². The number of hydrogen-bond acceptors (Lipinski definition) is 4. The van der Waals surface area contributed by atoms with Crippen molar-refractivity contribution in [3.63, 3.8) is 0 Å². The van der Waals surface area contributed by atoms with Gasteiger partial charge in [-0.25, -0.2) is 0 Å². The number of carboxylic acid groups (broad SMARTS) is 2. The second-order valence-corrected chi connectivity index (χ2v) is 4.08. The molecule has 0 saturated heterocycles. The average Bonchev–Trinajstić information content (AvgIpc) is 1.83. The van der Waals surface area contributed by atoms with Crippen LogP contribution in [0.2, 0.25) is 0 Å². The summed E-state index contributed by atoms with van der Waals surface area (Å²) in [5, 5.41) is 21.6. The predicted octanol–water partition coefficient (Wildman–Crippen LogP) is -7.06. The van der Waals surface area contributed by atoms with Gasteiger partial charge >= 0.3 is 59.1 Å². The molecule has 0 unspecified atom stereocenters. The van der Waals surface area contributed by atoms with Gasteiger partial charge in [0.05, 0.1) is 17.4 Å². The van der Waals surface area contributed by atoms with Gasteiger partial charge in [-0.15, -0.1) is 0 Å². The number of carboxylic acids is 2. The van der Waals surface area contributed by atoms with Gasteiger partial charge in [-0.1, -0.05) is 27.7 Å². The van der Waals surface area contributed by atoms with Crippen LogP contribution in [0.1, 0.15) is 34.1 Å². The van der Waals surface area contributed by atoms with Crippen LogP contribution in [0.25, 0.3) is 0 Å². The van der Waals surface area contributed by atoms with E-state index in [4.69, 9.17) is 0 Å². The Kier molecular flexibility index (Phi) is 10.3. The van der Waals surface area contributed by atoms with Gasteiger partial charge in [0, 0.05) is 0 Å². The first kappa shape index (κ1) is 21.2. The van der Waals surface area contributed by atoms with E-state index in [2.05, 4.69) is 0 Å². The van der Waals surface area contributed by atoms with Gasteiger partial charge in [0.2, 0.25) is 0 Å². The van der Waals surface area contributed by atoms with Crippen molar-refractivity contribution in [2.75, 3.05) is 0 Å². The van der Waals surface area contributed by atoms with E-state index in [1.807, 2.05) is 0 Å². The van der Waals surface area contributed by atoms with Crippen molar-refractivity contribution in [3.8, 4) is 0 Å². The molecular formula is C9H14Na2O4. The Bertz CT molecular complexity index is 219. The van der Waals surface area contributed by atoms with Crippen LogP contribution in [-0.4, -0.2) is 11.9 Å². The van der Waals surface area contributed by atoms with Gasteiger partial charge in [-0.2, -0.15) is 0 Å². The molecule has 6 heteroatoms. The number of carbonyl (C=O) groups excluding carboxylic acids is 2. The van der Waals surface area contributed by atoms with Crippen LogP contribution in [0.15, 0.2) is 0 Å². The minimum absolute atomic E-state index is 0. The molecule has 0 aliphatic rings. The normalized spacial score (nSPS) is 10.9. The zero-order chi connectivity index (χ0) is 10.9. The zero-order valence-electron chi connectivity index (χ0n) is 10.3. The van der Waals surface area contributed by atoms with E-state index in [9.17, 15) is 19.8 Å². The maximum absolute atomic E-state index is 10.8. The Labute approximate surface area is 134 Å². The molecule has 0 aromatic rings. The third kappa shape index (κ3) is 4.02. The third-order valence-corrected chi connectivity index (χ3v) is 2.51. The average molecular weight is 232 g/mol. The van der Waals surface area contributed by atoms with Crippen LogP contribution < -0.4 is 69.3 Å². The summed E-state index contributed by atoms with van der Waals surface area (Å²) in [4.78, 5) is 21.6. The summed E-state index contributed by atoms with van der Waals surface area (Å²) in [6, 6.07) is 0. The van der Waals surface area contributed by atoms with Gasteiger partial charge in [0.15, 0.2) is 0 Å². The third-order valence-electron chi connectivity index (χ3n) is 2.51. The fraction of sp³-hybridized carbons (Fsp3) is 0.778. The molecule has 0 radical (unpaired) electrons. The quantitative estimate of drug-likeness (QED) is 0.358. The SMILES string of the molecule is CCC(C(=O)[O-])(C(=O)[O-])C(C)(C)C.[Na+].[Na+]. The smallest absolute Gasteiger partial charge is 0.549 e. The standard InChI is InChI=1S/C9H16O4.2Na/c1-5-9(6(10)11,7(12)13)8(2,3)4;;/h5H2,1-4H3,(H,10,11)(H,12,13);;/q;2*+1/p-2. The summed E-state index contributed by atoms with van der Waals surface area (Å²) in [5.74, 6) is -3.16. The molecular weight excluding hydrogens is 218 g/mol. The molecule has 0 aromatic heterocycles. The van der Waals surface area contributed by atoms with Gasteiger partial charge in [-0.3, -0.25) is 0 Å². The van der Waals surface area contributed by atoms with Crippen molar-refractivity contribution >= 4 is 11.9 Å². The molecule has 0 amide bonds. The minimum atomic E-state index is -1.91. The first-order chi connectivity index (χ1) is 5.70. The van der Waals surface area contributed by atoms with Crippen molar-refractivity contribution in [1.29, 1.82) is 0 Å². The van der Waals surface area contributed by atoms with Crippen LogP contribution in [0.3, 0.4) is 0 Å². The molecule has 15 heavy (non-hydrogen) atoms. The molecule has 0 aliphatic carbocycles. The number of hydrogen-bond donors (Lipinski definition) is 0. The van der Waals surface area contributed by atoms with E-state index in [0.29, 0.717) is 0 Å². The molecule has 4 nitrogen and oxygen atoms in total. The second kappa shape index (κ2) is 7.30. The molecule has 0 fully saturated rings. The summed E-state index contributed by atoms with van der Waals surface area (Å²) in [5.41, 5.74) is -2.83. The molecule has 0 N–H and O–H groups in total. The fourth-order valence-electron chi connectivity index (χ4n) is 1.51. The summed E-state index contributed by atoms with van der Waals surface area (Å²) < 4.78 is 0. The van der Waals surface area contributed by atoms with Crippen molar-refractivity contribution in [2.24, 2.45) is 10.8 Å². The van der Waals surface area contributed by atoms with Gasteiger partial charge in [-0.05, 0) is 11.8 Å². The number of carbonyl (C=O) groups is 2. The van der Waals surface area contributed by atoms with Crippen molar-refractivity contribution in [3.05, 3.63) is 0 Å². The van der Waals surface area contributed by atoms with E-state index >= 15 is 0 Å². The number of rotatable bonds is 3. The van der Waals surface area contributed by atoms with Crippen molar-refractivity contribution in [2.45, 2.75) is 34.1 Å². The maximum atomic E-state index is 10.8. The predicted molar refractivity (Wildman–Crippen MR) is 42.2 cm³/mol. The van der Waals surface area contributed by atoms with Crippen molar-refractivity contribution in [1.82, 2.24) is 0 Å². The summed E-state index contributed by atoms with van der Waals surface area (Å²) in [6.07, 6.45) is -0.0405. The van der Waals surface area contributed by atoms with E-state index in [1.165, 1.54) is 6.92 Å². The summed E-state index contributed by atoms with van der Waals surface area (Å²) in [7, 11) is 0. The van der Waals surface area contributed by atoms with Crippen LogP contribution in [0.4, 0.5) is 0 Å². The summed E-state index contributed by atoms with van der Waals surface area (Å²) >= 11 is 0. The molecule has 0 atom stereocenters. The molecule has 0 saturated carbocycles. The first-order valence-corrected chi connectivity index (χ1v) is 4.13.